The molecule has 0 amide bonds. The van der Waals surface area contributed by atoms with Crippen LogP contribution in [-0.4, -0.2) is 51.3 Å². The minimum absolute atomic E-state index is 0.169. The third-order valence-corrected chi connectivity index (χ3v) is 9.39. The highest BCUT2D eigenvalue weighted by molar-refractivity contribution is 7.89. The molecule has 0 aliphatic rings. The van der Waals surface area contributed by atoms with Crippen LogP contribution in [0.25, 0.3) is 0 Å². The first kappa shape index (κ1) is 33.2. The molecule has 5 N–H and O–H groups in total. The van der Waals surface area contributed by atoms with Gasteiger partial charge < -0.3 is 5.32 Å². The molecule has 0 radical (unpaired) electrons. The van der Waals surface area contributed by atoms with Crippen molar-refractivity contribution >= 4 is 54.7 Å². The van der Waals surface area contributed by atoms with Gasteiger partial charge in [-0.15, -0.1) is 0 Å². The van der Waals surface area contributed by atoms with Crippen molar-refractivity contribution < 1.29 is 16.8 Å². The minimum Gasteiger partial charge on any atom is -0.324 e. The molecule has 0 aliphatic carbocycles. The van der Waals surface area contributed by atoms with Crippen LogP contribution in [0.1, 0.15) is 38.8 Å². The summed E-state index contributed by atoms with van der Waals surface area (Å²) in [6, 6.07) is 23.9. The number of para-hydroxylation sites is 1. The van der Waals surface area contributed by atoms with Gasteiger partial charge in [0.2, 0.25) is 26.0 Å². The van der Waals surface area contributed by atoms with Gasteiger partial charge in [0.05, 0.1) is 21.2 Å². The molecule has 0 fully saturated rings. The number of aromatic nitrogens is 2. The number of hydrazone groups is 2. The van der Waals surface area contributed by atoms with Crippen molar-refractivity contribution in [2.45, 2.75) is 37.5 Å². The summed E-state index contributed by atoms with van der Waals surface area (Å²) in [7, 11) is -7.11. The lowest BCUT2D eigenvalue weighted by Gasteiger charge is -2.11. The molecule has 4 aromatic rings. The molecule has 15 heteroatoms. The Kier molecular flexibility index (Phi) is 11.0. The number of benzene rings is 3. The fourth-order valence-corrected chi connectivity index (χ4v) is 6.06. The number of hydrogen-bond acceptors (Lipinski definition) is 11. The predicted molar refractivity (Wildman–Crippen MR) is 178 cm³/mol. The van der Waals surface area contributed by atoms with Gasteiger partial charge in [-0.25, -0.2) is 26.3 Å². The standard InChI is InChI=1S/C30H35N9O4S2/c1-5-31-44(40,41)26-16-12-23(13-17-26)21(3)36-38-28-20-29(35-30(34-28)33-25-10-8-7-9-11-25)39-37-22(4)24-14-18-27(19-15-24)45(42,43)32-6-2/h7-20,31-32H,5-6H2,1-4H3,(H3,33,34,35,38,39)/b36-21-,37-22-. The van der Waals surface area contributed by atoms with Crippen LogP contribution in [-0.2, 0) is 20.0 Å². The van der Waals surface area contributed by atoms with Gasteiger partial charge in [-0.05, 0) is 61.4 Å². The lowest BCUT2D eigenvalue weighted by molar-refractivity contribution is 0.582. The Morgan fingerprint density at radius 1 is 0.644 bits per heavy atom. The van der Waals surface area contributed by atoms with Crippen molar-refractivity contribution in [1.29, 1.82) is 0 Å². The van der Waals surface area contributed by atoms with Gasteiger partial charge >= 0.3 is 0 Å². The van der Waals surface area contributed by atoms with Crippen molar-refractivity contribution in [2.24, 2.45) is 10.2 Å². The number of nitrogens with one attached hydrogen (secondary N) is 5. The summed E-state index contributed by atoms with van der Waals surface area (Å²) < 4.78 is 54.0. The van der Waals surface area contributed by atoms with Gasteiger partial charge in [-0.1, -0.05) is 56.3 Å². The van der Waals surface area contributed by atoms with E-state index < -0.39 is 20.0 Å². The number of hydrogen-bond donors (Lipinski definition) is 5. The lowest BCUT2D eigenvalue weighted by Crippen LogP contribution is -2.23. The average molecular weight is 650 g/mol. The van der Waals surface area contributed by atoms with Crippen LogP contribution < -0.4 is 25.6 Å². The smallest absolute Gasteiger partial charge is 0.240 e. The van der Waals surface area contributed by atoms with Crippen LogP contribution in [0.4, 0.5) is 23.3 Å². The van der Waals surface area contributed by atoms with Crippen LogP contribution in [0.15, 0.2) is 105 Å². The molecule has 4 rings (SSSR count). The highest BCUT2D eigenvalue weighted by atomic mass is 32.2. The Hall–Kier alpha value is -4.70. The van der Waals surface area contributed by atoms with Crippen molar-refractivity contribution in [1.82, 2.24) is 19.4 Å². The topological polar surface area (TPSA) is 179 Å². The van der Waals surface area contributed by atoms with Crippen LogP contribution >= 0.6 is 0 Å². The molecule has 0 saturated heterocycles. The van der Waals surface area contributed by atoms with E-state index in [0.717, 1.165) is 16.8 Å². The Bertz CT molecular complexity index is 1760. The van der Waals surface area contributed by atoms with Gasteiger partial charge in [0.15, 0.2) is 11.6 Å². The molecule has 3 aromatic carbocycles. The van der Waals surface area contributed by atoms with E-state index in [-0.39, 0.29) is 15.7 Å². The monoisotopic (exact) mass is 649 g/mol. The third-order valence-electron chi connectivity index (χ3n) is 6.27. The molecule has 1 aromatic heterocycles. The molecule has 0 spiro atoms. The third kappa shape index (κ3) is 9.15. The Morgan fingerprint density at radius 2 is 1.07 bits per heavy atom. The first-order chi connectivity index (χ1) is 21.5. The van der Waals surface area contributed by atoms with Crippen molar-refractivity contribution in [2.75, 3.05) is 29.3 Å². The van der Waals surface area contributed by atoms with Crippen molar-refractivity contribution in [3.8, 4) is 0 Å². The number of rotatable bonds is 14. The quantitative estimate of drug-likeness (QED) is 0.0972. The Balaban J connectivity index is 1.56. The first-order valence-electron chi connectivity index (χ1n) is 14.0. The molecule has 45 heavy (non-hydrogen) atoms. The van der Waals surface area contributed by atoms with Crippen molar-refractivity contribution in [3.05, 3.63) is 96.1 Å². The van der Waals surface area contributed by atoms with Crippen LogP contribution in [0.2, 0.25) is 0 Å². The SMILES string of the molecule is CCNS(=O)(=O)c1ccc(/C(C)=N\Nc2cc(N/N=C(/C)c3ccc(S(=O)(=O)NCC)cc3)nc(Nc3ccccc3)n2)cc1. The molecular formula is C30H35N9O4S2. The number of sulfonamides is 2. The zero-order valence-electron chi connectivity index (χ0n) is 25.2. The maximum atomic E-state index is 12.3. The molecule has 0 saturated carbocycles. The second-order valence-corrected chi connectivity index (χ2v) is 13.2. The second kappa shape index (κ2) is 14.9. The zero-order valence-corrected chi connectivity index (χ0v) is 26.9. The normalized spacial score (nSPS) is 12.5. The molecule has 236 valence electrons. The fourth-order valence-electron chi connectivity index (χ4n) is 3.98. The number of anilines is 4. The zero-order chi connectivity index (χ0) is 32.5. The van der Waals surface area contributed by atoms with E-state index in [0.29, 0.717) is 36.1 Å². The summed E-state index contributed by atoms with van der Waals surface area (Å²) >= 11 is 0. The van der Waals surface area contributed by atoms with Gasteiger partial charge in [0, 0.05) is 24.8 Å². The Labute approximate surface area is 263 Å². The van der Waals surface area contributed by atoms with E-state index in [1.54, 1.807) is 58.0 Å². The average Bonchev–Trinajstić information content (AvgIpc) is 3.03. The predicted octanol–water partition coefficient (Wildman–Crippen LogP) is 4.49. The summed E-state index contributed by atoms with van der Waals surface area (Å²) in [5.41, 5.74) is 9.29. The van der Waals surface area contributed by atoms with E-state index in [2.05, 4.69) is 45.8 Å². The molecule has 0 bridgehead atoms. The highest BCUT2D eigenvalue weighted by Crippen LogP contribution is 2.20. The maximum absolute atomic E-state index is 12.3. The minimum atomic E-state index is -3.56. The van der Waals surface area contributed by atoms with E-state index in [4.69, 9.17) is 0 Å². The summed E-state index contributed by atoms with van der Waals surface area (Å²) in [5.74, 6) is 1.01. The van der Waals surface area contributed by atoms with Crippen molar-refractivity contribution in [3.63, 3.8) is 0 Å². The lowest BCUT2D eigenvalue weighted by atomic mass is 10.1. The Morgan fingerprint density at radius 3 is 1.47 bits per heavy atom. The fraction of sp³-hybridized carbons (Fsp3) is 0.200. The van der Waals surface area contributed by atoms with E-state index in [9.17, 15) is 16.8 Å². The highest BCUT2D eigenvalue weighted by Gasteiger charge is 2.14. The summed E-state index contributed by atoms with van der Waals surface area (Å²) in [6.07, 6.45) is 0. The van der Waals surface area contributed by atoms with Crippen LogP contribution in [0, 0.1) is 0 Å². The molecule has 1 heterocycles. The van der Waals surface area contributed by atoms with Gasteiger partial charge in [0.1, 0.15) is 0 Å². The molecular weight excluding hydrogens is 615 g/mol. The largest absolute Gasteiger partial charge is 0.324 e. The van der Waals surface area contributed by atoms with Crippen LogP contribution in [0.5, 0.6) is 0 Å². The van der Waals surface area contributed by atoms with Gasteiger partial charge in [-0.2, -0.15) is 20.2 Å². The number of nitrogens with zero attached hydrogens (tertiary/aromatic N) is 4. The molecule has 13 nitrogen and oxygen atoms in total. The summed E-state index contributed by atoms with van der Waals surface area (Å²) in [5, 5.41) is 12.0. The van der Waals surface area contributed by atoms with E-state index in [1.807, 2.05) is 30.3 Å². The van der Waals surface area contributed by atoms with E-state index >= 15 is 0 Å². The second-order valence-electron chi connectivity index (χ2n) is 9.62. The van der Waals surface area contributed by atoms with Gasteiger partial charge in [0.25, 0.3) is 0 Å². The van der Waals surface area contributed by atoms with Gasteiger partial charge in [-0.3, -0.25) is 10.9 Å². The van der Waals surface area contributed by atoms with Crippen LogP contribution in [0.3, 0.4) is 0 Å². The van der Waals surface area contributed by atoms with E-state index in [1.165, 1.54) is 24.3 Å². The summed E-state index contributed by atoms with van der Waals surface area (Å²) in [4.78, 5) is 9.37. The first-order valence-corrected chi connectivity index (χ1v) is 17.0. The molecule has 0 unspecified atom stereocenters. The maximum Gasteiger partial charge on any atom is 0.240 e. The summed E-state index contributed by atoms with van der Waals surface area (Å²) in [6.45, 7) is 7.61. The molecule has 0 atom stereocenters. The molecule has 0 aliphatic heterocycles.